The number of carboxylic acids is 1. The maximum absolute atomic E-state index is 11.5. The van der Waals surface area contributed by atoms with Gasteiger partial charge in [0.15, 0.2) is 0 Å². The van der Waals surface area contributed by atoms with Gasteiger partial charge < -0.3 is 10.4 Å². The zero-order chi connectivity index (χ0) is 13.5. The highest BCUT2D eigenvalue weighted by molar-refractivity contribution is 5.76. The van der Waals surface area contributed by atoms with Crippen LogP contribution in [0.25, 0.3) is 0 Å². The third-order valence-corrected chi connectivity index (χ3v) is 3.41. The zero-order valence-electron chi connectivity index (χ0n) is 11.3. The van der Waals surface area contributed by atoms with E-state index in [1.807, 2.05) is 18.7 Å². The summed E-state index contributed by atoms with van der Waals surface area (Å²) in [7, 11) is 0. The maximum Gasteiger partial charge on any atom is 0.320 e. The summed E-state index contributed by atoms with van der Waals surface area (Å²) in [6.07, 6.45) is 3.88. The molecule has 0 aromatic carbocycles. The predicted octanol–water partition coefficient (Wildman–Crippen LogP) is 1.23. The average molecular weight is 256 g/mol. The van der Waals surface area contributed by atoms with Gasteiger partial charge >= 0.3 is 5.97 Å². The molecule has 1 saturated heterocycles. The number of likely N-dealkylation sites (tertiary alicyclic amines) is 1. The van der Waals surface area contributed by atoms with E-state index in [2.05, 4.69) is 5.32 Å². The first-order chi connectivity index (χ1) is 8.58. The molecule has 1 aliphatic heterocycles. The largest absolute Gasteiger partial charge is 0.480 e. The number of amides is 1. The number of hydrogen-bond donors (Lipinski definition) is 2. The summed E-state index contributed by atoms with van der Waals surface area (Å²) in [6.45, 7) is 5.33. The summed E-state index contributed by atoms with van der Waals surface area (Å²) in [4.78, 5) is 24.7. The van der Waals surface area contributed by atoms with Crippen LogP contribution in [0.2, 0.25) is 0 Å². The first-order valence-electron chi connectivity index (χ1n) is 6.84. The number of piperidine rings is 1. The number of nitrogens with one attached hydrogen (secondary N) is 1. The van der Waals surface area contributed by atoms with Crippen LogP contribution in [0.15, 0.2) is 0 Å². The summed E-state index contributed by atoms with van der Waals surface area (Å²) >= 11 is 0. The molecule has 0 unspecified atom stereocenters. The van der Waals surface area contributed by atoms with Crippen molar-refractivity contribution in [3.8, 4) is 0 Å². The molecule has 104 valence electrons. The summed E-state index contributed by atoms with van der Waals surface area (Å²) in [5, 5.41) is 12.1. The number of rotatable bonds is 6. The molecule has 5 heteroatoms. The first-order valence-corrected chi connectivity index (χ1v) is 6.84. The molecule has 0 aromatic heterocycles. The Morgan fingerprint density at radius 2 is 2.17 bits per heavy atom. The van der Waals surface area contributed by atoms with Crippen LogP contribution in [-0.4, -0.2) is 47.1 Å². The monoisotopic (exact) mass is 256 g/mol. The molecule has 1 rings (SSSR count). The van der Waals surface area contributed by atoms with E-state index in [1.54, 1.807) is 0 Å². The van der Waals surface area contributed by atoms with E-state index in [-0.39, 0.29) is 11.9 Å². The normalized spacial score (nSPS) is 22.4. The Morgan fingerprint density at radius 1 is 1.44 bits per heavy atom. The van der Waals surface area contributed by atoms with Gasteiger partial charge in [0.05, 0.1) is 0 Å². The Kier molecular flexibility index (Phi) is 6.12. The molecular formula is C13H24N2O3. The Bertz CT molecular complexity index is 294. The van der Waals surface area contributed by atoms with Gasteiger partial charge in [-0.3, -0.25) is 14.5 Å². The Morgan fingerprint density at radius 3 is 2.72 bits per heavy atom. The molecule has 0 radical (unpaired) electrons. The van der Waals surface area contributed by atoms with Crippen LogP contribution in [0.5, 0.6) is 0 Å². The molecule has 1 aliphatic rings. The third kappa shape index (κ3) is 4.29. The number of hydrogen-bond acceptors (Lipinski definition) is 3. The minimum atomic E-state index is -0.766. The number of carbonyl (C=O) groups excluding carboxylic acids is 1. The van der Waals surface area contributed by atoms with Crippen molar-refractivity contribution >= 4 is 11.9 Å². The first kappa shape index (κ1) is 15.0. The minimum absolute atomic E-state index is 0.0766. The molecule has 0 saturated carbocycles. The smallest absolute Gasteiger partial charge is 0.320 e. The van der Waals surface area contributed by atoms with Crippen molar-refractivity contribution in [2.45, 2.75) is 58.0 Å². The van der Waals surface area contributed by atoms with Crippen LogP contribution in [-0.2, 0) is 9.59 Å². The van der Waals surface area contributed by atoms with Gasteiger partial charge in [0.1, 0.15) is 6.04 Å². The van der Waals surface area contributed by atoms with Crippen molar-refractivity contribution in [2.75, 3.05) is 13.1 Å². The summed E-state index contributed by atoms with van der Waals surface area (Å²) in [5.74, 6) is -0.689. The SMILES string of the molecule is CCCC(=O)N[C@H]1CCCN([C@@H](CC)C(=O)O)C1. The molecule has 0 aromatic rings. The fourth-order valence-corrected chi connectivity index (χ4v) is 2.52. The van der Waals surface area contributed by atoms with Crippen molar-refractivity contribution < 1.29 is 14.7 Å². The fraction of sp³-hybridized carbons (Fsp3) is 0.846. The summed E-state index contributed by atoms with van der Waals surface area (Å²) in [5.41, 5.74) is 0. The van der Waals surface area contributed by atoms with Crippen molar-refractivity contribution in [2.24, 2.45) is 0 Å². The molecule has 2 N–H and O–H groups in total. The van der Waals surface area contributed by atoms with Gasteiger partial charge in [-0.15, -0.1) is 0 Å². The van der Waals surface area contributed by atoms with Crippen LogP contribution < -0.4 is 5.32 Å². The number of carbonyl (C=O) groups is 2. The predicted molar refractivity (Wildman–Crippen MR) is 69.4 cm³/mol. The van der Waals surface area contributed by atoms with Crippen LogP contribution >= 0.6 is 0 Å². The molecule has 18 heavy (non-hydrogen) atoms. The van der Waals surface area contributed by atoms with E-state index in [0.717, 1.165) is 25.8 Å². The zero-order valence-corrected chi connectivity index (χ0v) is 11.3. The van der Waals surface area contributed by atoms with Crippen molar-refractivity contribution in [3.63, 3.8) is 0 Å². The average Bonchev–Trinajstić information content (AvgIpc) is 2.30. The van der Waals surface area contributed by atoms with Crippen molar-refractivity contribution in [3.05, 3.63) is 0 Å². The fourth-order valence-electron chi connectivity index (χ4n) is 2.52. The molecule has 0 aliphatic carbocycles. The lowest BCUT2D eigenvalue weighted by molar-refractivity contribution is -0.144. The molecule has 0 spiro atoms. The van der Waals surface area contributed by atoms with Gasteiger partial charge in [-0.1, -0.05) is 13.8 Å². The van der Waals surface area contributed by atoms with Gasteiger partial charge in [0, 0.05) is 19.0 Å². The molecule has 1 fully saturated rings. The second-order valence-electron chi connectivity index (χ2n) is 4.91. The van der Waals surface area contributed by atoms with E-state index in [1.165, 1.54) is 0 Å². The van der Waals surface area contributed by atoms with Crippen molar-refractivity contribution in [1.82, 2.24) is 10.2 Å². The van der Waals surface area contributed by atoms with Crippen LogP contribution in [0.1, 0.15) is 46.0 Å². The van der Waals surface area contributed by atoms with Crippen molar-refractivity contribution in [1.29, 1.82) is 0 Å². The van der Waals surface area contributed by atoms with E-state index < -0.39 is 12.0 Å². The highest BCUT2D eigenvalue weighted by atomic mass is 16.4. The summed E-state index contributed by atoms with van der Waals surface area (Å²) < 4.78 is 0. The second-order valence-corrected chi connectivity index (χ2v) is 4.91. The van der Waals surface area contributed by atoms with Crippen LogP contribution in [0.4, 0.5) is 0 Å². The molecule has 1 amide bonds. The van der Waals surface area contributed by atoms with Gasteiger partial charge in [-0.25, -0.2) is 0 Å². The lowest BCUT2D eigenvalue weighted by Gasteiger charge is -2.36. The number of aliphatic carboxylic acids is 1. The molecule has 2 atom stereocenters. The van der Waals surface area contributed by atoms with Crippen LogP contribution in [0, 0.1) is 0 Å². The lowest BCUT2D eigenvalue weighted by atomic mass is 10.0. The standard InChI is InChI=1S/C13H24N2O3/c1-3-6-12(16)14-10-7-5-8-15(9-10)11(4-2)13(17)18/h10-11H,3-9H2,1-2H3,(H,14,16)(H,17,18)/t10-,11-/m0/s1. The van der Waals surface area contributed by atoms with E-state index in [0.29, 0.717) is 19.4 Å². The third-order valence-electron chi connectivity index (χ3n) is 3.41. The molecule has 1 heterocycles. The lowest BCUT2D eigenvalue weighted by Crippen LogP contribution is -2.52. The molecule has 0 bridgehead atoms. The van der Waals surface area contributed by atoms with E-state index in [4.69, 9.17) is 5.11 Å². The Labute approximate surface area is 109 Å². The van der Waals surface area contributed by atoms with E-state index >= 15 is 0 Å². The highest BCUT2D eigenvalue weighted by Crippen LogP contribution is 2.15. The minimum Gasteiger partial charge on any atom is -0.480 e. The topological polar surface area (TPSA) is 69.6 Å². The maximum atomic E-state index is 11.5. The van der Waals surface area contributed by atoms with Gasteiger partial charge in [0.2, 0.25) is 5.91 Å². The Balaban J connectivity index is 2.49. The second kappa shape index (κ2) is 7.36. The van der Waals surface area contributed by atoms with Gasteiger partial charge in [0.25, 0.3) is 0 Å². The number of carboxylic acid groups (broad SMARTS) is 1. The Hall–Kier alpha value is -1.10. The quantitative estimate of drug-likeness (QED) is 0.750. The molecular weight excluding hydrogens is 232 g/mol. The van der Waals surface area contributed by atoms with Gasteiger partial charge in [-0.2, -0.15) is 0 Å². The summed E-state index contributed by atoms with van der Waals surface area (Å²) in [6, 6.07) is -0.318. The van der Waals surface area contributed by atoms with Gasteiger partial charge in [-0.05, 0) is 32.2 Å². The number of nitrogens with zero attached hydrogens (tertiary/aromatic N) is 1. The molecule has 5 nitrogen and oxygen atoms in total. The van der Waals surface area contributed by atoms with E-state index in [9.17, 15) is 9.59 Å². The van der Waals surface area contributed by atoms with Crippen LogP contribution in [0.3, 0.4) is 0 Å². The highest BCUT2D eigenvalue weighted by Gasteiger charge is 2.29.